The third kappa shape index (κ3) is 2.32. The van der Waals surface area contributed by atoms with Gasteiger partial charge in [-0.2, -0.15) is 0 Å². The first-order chi connectivity index (χ1) is 7.59. The molecule has 1 rings (SSSR count). The van der Waals surface area contributed by atoms with E-state index in [0.29, 0.717) is 30.6 Å². The number of hydrogen-bond acceptors (Lipinski definition) is 2. The zero-order chi connectivity index (χ0) is 12.2. The van der Waals surface area contributed by atoms with Crippen molar-refractivity contribution in [3.8, 4) is 0 Å². The third-order valence-corrected chi connectivity index (χ3v) is 4.41. The summed E-state index contributed by atoms with van der Waals surface area (Å²) in [6.45, 7) is 7.13. The Morgan fingerprint density at radius 2 is 1.88 bits per heavy atom. The Morgan fingerprint density at radius 3 is 2.31 bits per heavy atom. The van der Waals surface area contributed by atoms with Gasteiger partial charge in [-0.25, -0.2) is 0 Å². The van der Waals surface area contributed by atoms with Crippen LogP contribution < -0.4 is 0 Å². The highest BCUT2D eigenvalue weighted by Crippen LogP contribution is 2.47. The number of rotatable bonds is 5. The number of carbonyl (C=O) groups excluding carboxylic acids is 1. The summed E-state index contributed by atoms with van der Waals surface area (Å²) in [4.78, 5) is 12.5. The van der Waals surface area contributed by atoms with Gasteiger partial charge >= 0.3 is 0 Å². The average molecular weight is 226 g/mol. The van der Waals surface area contributed by atoms with Gasteiger partial charge in [0.2, 0.25) is 0 Å². The zero-order valence-corrected chi connectivity index (χ0v) is 11.2. The summed E-state index contributed by atoms with van der Waals surface area (Å²) in [6.07, 6.45) is 5.25. The maximum atomic E-state index is 12.5. The first-order valence-corrected chi connectivity index (χ1v) is 6.61. The Balaban J connectivity index is 2.95. The van der Waals surface area contributed by atoms with E-state index in [2.05, 4.69) is 20.8 Å². The molecule has 2 atom stereocenters. The summed E-state index contributed by atoms with van der Waals surface area (Å²) in [5.74, 6) is 1.36. The minimum absolute atomic E-state index is 0.205. The van der Waals surface area contributed by atoms with E-state index in [-0.39, 0.29) is 5.41 Å². The molecule has 1 saturated carbocycles. The predicted octanol–water partition coefficient (Wildman–Crippen LogP) is 3.44. The van der Waals surface area contributed by atoms with Crippen LogP contribution in [0.4, 0.5) is 0 Å². The fraction of sp³-hybridized carbons (Fsp3) is 0.929. The summed E-state index contributed by atoms with van der Waals surface area (Å²) in [6, 6.07) is 0. The largest absolute Gasteiger partial charge is 0.384 e. The van der Waals surface area contributed by atoms with E-state index >= 15 is 0 Å². The van der Waals surface area contributed by atoms with Gasteiger partial charge in [-0.05, 0) is 31.1 Å². The Bertz CT molecular complexity index is 225. The molecule has 2 nitrogen and oxygen atoms in total. The van der Waals surface area contributed by atoms with Gasteiger partial charge in [0.05, 0.1) is 12.0 Å². The molecule has 16 heavy (non-hydrogen) atoms. The van der Waals surface area contributed by atoms with Crippen molar-refractivity contribution in [2.45, 2.75) is 52.9 Å². The number of methoxy groups -OCH3 is 1. The minimum Gasteiger partial charge on any atom is -0.384 e. The summed E-state index contributed by atoms with van der Waals surface area (Å²) in [7, 11) is 1.72. The van der Waals surface area contributed by atoms with Crippen LogP contribution in [0, 0.1) is 17.3 Å². The SMILES string of the molecule is CCCC(=O)C1(COC)C(C)CCCC1C. The van der Waals surface area contributed by atoms with Crippen LogP contribution >= 0.6 is 0 Å². The first-order valence-electron chi connectivity index (χ1n) is 6.61. The molecule has 0 aromatic rings. The van der Waals surface area contributed by atoms with Crippen molar-refractivity contribution in [2.75, 3.05) is 13.7 Å². The molecule has 0 spiro atoms. The smallest absolute Gasteiger partial charge is 0.141 e. The van der Waals surface area contributed by atoms with Crippen molar-refractivity contribution < 1.29 is 9.53 Å². The molecule has 1 fully saturated rings. The monoisotopic (exact) mass is 226 g/mol. The van der Waals surface area contributed by atoms with Gasteiger partial charge in [-0.15, -0.1) is 0 Å². The Morgan fingerprint density at radius 1 is 1.31 bits per heavy atom. The summed E-state index contributed by atoms with van der Waals surface area (Å²) >= 11 is 0. The van der Waals surface area contributed by atoms with Gasteiger partial charge in [0.1, 0.15) is 5.78 Å². The van der Waals surface area contributed by atoms with Crippen molar-refractivity contribution in [3.63, 3.8) is 0 Å². The van der Waals surface area contributed by atoms with Crippen molar-refractivity contribution >= 4 is 5.78 Å². The fourth-order valence-corrected chi connectivity index (χ4v) is 3.34. The minimum atomic E-state index is -0.205. The number of hydrogen-bond donors (Lipinski definition) is 0. The van der Waals surface area contributed by atoms with E-state index in [1.807, 2.05) is 0 Å². The van der Waals surface area contributed by atoms with Gasteiger partial charge in [0.15, 0.2) is 0 Å². The van der Waals surface area contributed by atoms with Gasteiger partial charge < -0.3 is 4.74 Å². The number of ketones is 1. The van der Waals surface area contributed by atoms with Crippen LogP contribution in [0.2, 0.25) is 0 Å². The van der Waals surface area contributed by atoms with Gasteiger partial charge in [-0.3, -0.25) is 4.79 Å². The van der Waals surface area contributed by atoms with Crippen LogP contribution in [0.1, 0.15) is 52.9 Å². The van der Waals surface area contributed by atoms with E-state index in [1.165, 1.54) is 19.3 Å². The molecule has 0 bridgehead atoms. The van der Waals surface area contributed by atoms with Crippen LogP contribution in [-0.2, 0) is 9.53 Å². The third-order valence-electron chi connectivity index (χ3n) is 4.41. The van der Waals surface area contributed by atoms with Gasteiger partial charge in [0, 0.05) is 13.5 Å². The highest BCUT2D eigenvalue weighted by Gasteiger charge is 2.48. The highest BCUT2D eigenvalue weighted by atomic mass is 16.5. The maximum absolute atomic E-state index is 12.5. The molecule has 94 valence electrons. The maximum Gasteiger partial charge on any atom is 0.141 e. The topological polar surface area (TPSA) is 26.3 Å². The van der Waals surface area contributed by atoms with E-state index in [0.717, 1.165) is 6.42 Å². The summed E-state index contributed by atoms with van der Waals surface area (Å²) in [5.41, 5.74) is -0.205. The molecule has 0 N–H and O–H groups in total. The number of ether oxygens (including phenoxy) is 1. The zero-order valence-electron chi connectivity index (χ0n) is 11.2. The lowest BCUT2D eigenvalue weighted by atomic mass is 9.59. The Kier molecular flexibility index (Phi) is 4.97. The van der Waals surface area contributed by atoms with Crippen LogP contribution in [0.3, 0.4) is 0 Å². The number of carbonyl (C=O) groups is 1. The van der Waals surface area contributed by atoms with Crippen molar-refractivity contribution in [3.05, 3.63) is 0 Å². The molecule has 0 aliphatic heterocycles. The molecule has 1 aliphatic carbocycles. The molecule has 0 heterocycles. The molecule has 2 unspecified atom stereocenters. The Hall–Kier alpha value is -0.370. The van der Waals surface area contributed by atoms with Crippen molar-refractivity contribution in [1.82, 2.24) is 0 Å². The van der Waals surface area contributed by atoms with E-state index in [4.69, 9.17) is 4.74 Å². The molecule has 0 amide bonds. The summed E-state index contributed by atoms with van der Waals surface area (Å²) in [5, 5.41) is 0. The lowest BCUT2D eigenvalue weighted by molar-refractivity contribution is -0.144. The predicted molar refractivity (Wildman–Crippen MR) is 66.4 cm³/mol. The fourth-order valence-electron chi connectivity index (χ4n) is 3.34. The quantitative estimate of drug-likeness (QED) is 0.717. The second-order valence-electron chi connectivity index (χ2n) is 5.38. The normalized spacial score (nSPS) is 35.0. The molecular formula is C14H26O2. The van der Waals surface area contributed by atoms with Gasteiger partial charge in [0.25, 0.3) is 0 Å². The Labute approximate surface area is 99.8 Å². The van der Waals surface area contributed by atoms with E-state index < -0.39 is 0 Å². The van der Waals surface area contributed by atoms with Crippen molar-refractivity contribution in [1.29, 1.82) is 0 Å². The van der Waals surface area contributed by atoms with Crippen molar-refractivity contribution in [2.24, 2.45) is 17.3 Å². The molecular weight excluding hydrogens is 200 g/mol. The standard InChI is InChI=1S/C14H26O2/c1-5-7-13(15)14(10-16-4)11(2)8-6-9-12(14)3/h11-12H,5-10H2,1-4H3. The molecule has 0 aromatic heterocycles. The molecule has 0 aromatic carbocycles. The highest BCUT2D eigenvalue weighted by molar-refractivity contribution is 5.85. The molecule has 1 aliphatic rings. The number of Topliss-reactive ketones (excluding diaryl/α,β-unsaturated/α-hetero) is 1. The summed E-state index contributed by atoms with van der Waals surface area (Å²) < 4.78 is 5.37. The van der Waals surface area contributed by atoms with Gasteiger partial charge in [-0.1, -0.05) is 27.2 Å². The first kappa shape index (κ1) is 13.7. The van der Waals surface area contributed by atoms with Crippen LogP contribution in [0.15, 0.2) is 0 Å². The molecule has 0 saturated heterocycles. The van der Waals surface area contributed by atoms with E-state index in [9.17, 15) is 4.79 Å². The van der Waals surface area contributed by atoms with E-state index in [1.54, 1.807) is 7.11 Å². The van der Waals surface area contributed by atoms with Crippen LogP contribution in [0.25, 0.3) is 0 Å². The van der Waals surface area contributed by atoms with Crippen LogP contribution in [0.5, 0.6) is 0 Å². The lowest BCUT2D eigenvalue weighted by Gasteiger charge is -2.46. The van der Waals surface area contributed by atoms with Crippen LogP contribution in [-0.4, -0.2) is 19.5 Å². The second-order valence-corrected chi connectivity index (χ2v) is 5.38. The average Bonchev–Trinajstić information content (AvgIpc) is 2.24. The second kappa shape index (κ2) is 5.81. The molecule has 0 radical (unpaired) electrons. The molecule has 2 heteroatoms. The lowest BCUT2D eigenvalue weighted by Crippen LogP contribution is -2.48.